The van der Waals surface area contributed by atoms with Crippen molar-refractivity contribution in [3.05, 3.63) is 84.6 Å². The second-order valence-electron chi connectivity index (χ2n) is 9.10. The molecule has 1 heterocycles. The summed E-state index contributed by atoms with van der Waals surface area (Å²) < 4.78 is 29.7. The van der Waals surface area contributed by atoms with E-state index in [4.69, 9.17) is 0 Å². The largest absolute Gasteiger partial charge is 0.475 e. The predicted molar refractivity (Wildman–Crippen MR) is 143 cm³/mol. The summed E-state index contributed by atoms with van der Waals surface area (Å²) in [5, 5.41) is 25.2. The van der Waals surface area contributed by atoms with Crippen molar-refractivity contribution in [2.45, 2.75) is 36.5 Å². The van der Waals surface area contributed by atoms with E-state index < -0.39 is 34.9 Å². The summed E-state index contributed by atoms with van der Waals surface area (Å²) in [4.78, 5) is 17.3. The lowest BCUT2D eigenvalue weighted by Crippen LogP contribution is -2.49. The number of carbonyl (C=O) groups excluding carboxylic acids is 1. The minimum Gasteiger partial charge on any atom is -0.426 e. The van der Waals surface area contributed by atoms with Gasteiger partial charge in [-0.25, -0.2) is 4.98 Å². The summed E-state index contributed by atoms with van der Waals surface area (Å²) in [6.07, 6.45) is 5.40. The smallest absolute Gasteiger partial charge is 0.426 e. The molecule has 4 N–H and O–H groups in total. The van der Waals surface area contributed by atoms with Gasteiger partial charge in [0, 0.05) is 18.1 Å². The Morgan fingerprint density at radius 2 is 1.76 bits per heavy atom. The Labute approximate surface area is 216 Å². The molecule has 0 saturated heterocycles. The third kappa shape index (κ3) is 7.98. The summed E-state index contributed by atoms with van der Waals surface area (Å²) >= 11 is 0. The number of aromatic nitrogens is 1. The highest BCUT2D eigenvalue weighted by Gasteiger charge is 2.34. The van der Waals surface area contributed by atoms with Crippen LogP contribution < -0.4 is 10.6 Å². The number of hydrogen-bond donors (Lipinski definition) is 4. The molecule has 2 atom stereocenters. The SMILES string of the molecule is O=C(N[C@@H](CC1CC1)B(O)O)C(/C=N/S(=O)(=O)c1ccc(Nc2ccccn2)cc1)Cc1ccccc1. The molecule has 1 fully saturated rings. The average molecular weight is 520 g/mol. The van der Waals surface area contributed by atoms with Gasteiger partial charge in [-0.2, -0.15) is 12.8 Å². The van der Waals surface area contributed by atoms with Crippen LogP contribution in [0.4, 0.5) is 11.5 Å². The Balaban J connectivity index is 1.49. The third-order valence-corrected chi connectivity index (χ3v) is 7.34. The molecule has 192 valence electrons. The van der Waals surface area contributed by atoms with E-state index in [0.29, 0.717) is 23.8 Å². The highest BCUT2D eigenvalue weighted by molar-refractivity contribution is 7.90. The minimum absolute atomic E-state index is 0.0217. The minimum atomic E-state index is -4.08. The van der Waals surface area contributed by atoms with Gasteiger partial charge in [-0.05, 0) is 60.7 Å². The van der Waals surface area contributed by atoms with Gasteiger partial charge >= 0.3 is 7.12 Å². The highest BCUT2D eigenvalue weighted by Crippen LogP contribution is 2.33. The van der Waals surface area contributed by atoms with E-state index in [9.17, 15) is 23.3 Å². The van der Waals surface area contributed by atoms with Gasteiger partial charge in [0.15, 0.2) is 0 Å². The molecular weight excluding hydrogens is 491 g/mol. The maximum atomic E-state index is 13.1. The van der Waals surface area contributed by atoms with Gasteiger partial charge < -0.3 is 20.7 Å². The summed E-state index contributed by atoms with van der Waals surface area (Å²) in [5.41, 5.74) is 1.48. The zero-order valence-corrected chi connectivity index (χ0v) is 21.0. The van der Waals surface area contributed by atoms with Crippen molar-refractivity contribution in [1.82, 2.24) is 10.3 Å². The Morgan fingerprint density at radius 1 is 1.05 bits per heavy atom. The van der Waals surface area contributed by atoms with E-state index in [1.165, 1.54) is 12.1 Å². The number of rotatable bonds is 12. The molecule has 0 radical (unpaired) electrons. The quantitative estimate of drug-likeness (QED) is 0.213. The van der Waals surface area contributed by atoms with Gasteiger partial charge in [-0.1, -0.05) is 49.2 Å². The maximum Gasteiger partial charge on any atom is 0.475 e. The number of benzene rings is 2. The molecule has 3 aromatic rings. The van der Waals surface area contributed by atoms with Crippen LogP contribution in [0.25, 0.3) is 0 Å². The van der Waals surface area contributed by atoms with E-state index in [1.54, 1.807) is 30.5 Å². The van der Waals surface area contributed by atoms with Gasteiger partial charge in [0.2, 0.25) is 5.91 Å². The molecule has 1 aromatic heterocycles. The fraction of sp³-hybridized carbons (Fsp3) is 0.269. The lowest BCUT2D eigenvalue weighted by atomic mass is 9.76. The zero-order chi connectivity index (χ0) is 26.3. The molecule has 1 amide bonds. The maximum absolute atomic E-state index is 13.1. The molecule has 4 rings (SSSR count). The molecule has 2 aromatic carbocycles. The fourth-order valence-corrected chi connectivity index (χ4v) is 4.76. The van der Waals surface area contributed by atoms with Crippen molar-refractivity contribution in [3.8, 4) is 0 Å². The van der Waals surface area contributed by atoms with Crippen LogP contribution in [-0.4, -0.2) is 48.6 Å². The van der Waals surface area contributed by atoms with Crippen LogP contribution in [-0.2, 0) is 21.2 Å². The summed E-state index contributed by atoms with van der Waals surface area (Å²) in [7, 11) is -5.78. The molecule has 1 saturated carbocycles. The molecule has 0 spiro atoms. The lowest BCUT2D eigenvalue weighted by Gasteiger charge is -2.20. The second kappa shape index (κ2) is 12.1. The zero-order valence-electron chi connectivity index (χ0n) is 20.1. The van der Waals surface area contributed by atoms with E-state index in [0.717, 1.165) is 24.6 Å². The third-order valence-electron chi connectivity index (χ3n) is 6.08. The summed E-state index contributed by atoms with van der Waals surface area (Å²) in [5.74, 6) is -1.30. The molecule has 1 aliphatic carbocycles. The molecule has 0 aliphatic heterocycles. The number of carbonyl (C=O) groups is 1. The van der Waals surface area contributed by atoms with Crippen LogP contribution in [0.1, 0.15) is 24.8 Å². The van der Waals surface area contributed by atoms with Crippen molar-refractivity contribution in [2.24, 2.45) is 16.2 Å². The van der Waals surface area contributed by atoms with E-state index in [1.807, 2.05) is 36.4 Å². The first-order chi connectivity index (χ1) is 17.8. The van der Waals surface area contributed by atoms with Crippen molar-refractivity contribution in [3.63, 3.8) is 0 Å². The van der Waals surface area contributed by atoms with Crippen molar-refractivity contribution in [1.29, 1.82) is 0 Å². The fourth-order valence-electron chi connectivity index (χ4n) is 3.85. The number of sulfonamides is 1. The van der Waals surface area contributed by atoms with E-state index in [2.05, 4.69) is 20.0 Å². The van der Waals surface area contributed by atoms with Crippen LogP contribution in [0.15, 0.2) is 88.3 Å². The van der Waals surface area contributed by atoms with Crippen molar-refractivity contribution >= 4 is 40.8 Å². The lowest BCUT2D eigenvalue weighted by molar-refractivity contribution is -0.123. The number of hydrogen-bond acceptors (Lipinski definition) is 7. The van der Waals surface area contributed by atoms with E-state index in [-0.39, 0.29) is 11.3 Å². The number of nitrogens with one attached hydrogen (secondary N) is 2. The van der Waals surface area contributed by atoms with Crippen molar-refractivity contribution < 1.29 is 23.3 Å². The predicted octanol–water partition coefficient (Wildman–Crippen LogP) is 2.74. The Morgan fingerprint density at radius 3 is 2.38 bits per heavy atom. The number of pyridine rings is 1. The second-order valence-corrected chi connectivity index (χ2v) is 10.7. The first-order valence-corrected chi connectivity index (χ1v) is 13.5. The number of anilines is 2. The molecule has 1 aliphatic rings. The molecule has 9 nitrogen and oxygen atoms in total. The molecule has 1 unspecified atom stereocenters. The molecule has 37 heavy (non-hydrogen) atoms. The summed E-state index contributed by atoms with van der Waals surface area (Å²) in [6.45, 7) is 0. The van der Waals surface area contributed by atoms with Crippen LogP contribution >= 0.6 is 0 Å². The normalized spacial score (nSPS) is 15.2. The van der Waals surface area contributed by atoms with Crippen molar-refractivity contribution in [2.75, 3.05) is 5.32 Å². The Hall–Kier alpha value is -3.54. The van der Waals surface area contributed by atoms with Gasteiger partial charge in [-0.3, -0.25) is 4.79 Å². The molecule has 11 heteroatoms. The van der Waals surface area contributed by atoms with Gasteiger partial charge in [0.1, 0.15) is 5.82 Å². The standard InChI is InChI=1S/C26H29BN4O5S/c32-26(31-24(27(33)34)17-20-9-10-20)21(16-19-6-2-1-3-7-19)18-29-37(35,36)23-13-11-22(12-14-23)30-25-8-4-5-15-28-25/h1-8,11-15,18,20-21,24,33-34H,9-10,16-17H2,(H,28,30)(H,31,32)/b29-18+/t21?,24-/m0/s1. The van der Waals surface area contributed by atoms with Crippen LogP contribution in [0.2, 0.25) is 0 Å². The Bertz CT molecular complexity index is 1300. The molecular formula is C26H29BN4O5S. The summed E-state index contributed by atoms with van der Waals surface area (Å²) in [6, 6.07) is 20.6. The highest BCUT2D eigenvalue weighted by atomic mass is 32.2. The van der Waals surface area contributed by atoms with Crippen LogP contribution in [0, 0.1) is 11.8 Å². The van der Waals surface area contributed by atoms with Gasteiger partial charge in [0.25, 0.3) is 10.0 Å². The van der Waals surface area contributed by atoms with Gasteiger partial charge in [0.05, 0.1) is 16.8 Å². The first kappa shape index (κ1) is 26.5. The average Bonchev–Trinajstić information content (AvgIpc) is 3.72. The monoisotopic (exact) mass is 520 g/mol. The van der Waals surface area contributed by atoms with Gasteiger partial charge in [-0.15, -0.1) is 0 Å². The van der Waals surface area contributed by atoms with Crippen LogP contribution in [0.3, 0.4) is 0 Å². The van der Waals surface area contributed by atoms with E-state index >= 15 is 0 Å². The molecule has 0 bridgehead atoms. The van der Waals surface area contributed by atoms with Crippen LogP contribution in [0.5, 0.6) is 0 Å². The number of nitrogens with zero attached hydrogens (tertiary/aromatic N) is 2. The first-order valence-electron chi connectivity index (χ1n) is 12.1. The number of amides is 1. The Kier molecular flexibility index (Phi) is 8.70. The topological polar surface area (TPSA) is 141 Å².